The number of dihydropyridines is 1. The Morgan fingerprint density at radius 2 is 2.08 bits per heavy atom. The minimum atomic E-state index is 0.374. The third-order valence-corrected chi connectivity index (χ3v) is 2.21. The second-order valence-corrected chi connectivity index (χ2v) is 3.00. The molecule has 1 N–H and O–H groups in total. The Balaban J connectivity index is 1.90. The molecule has 0 spiro atoms. The summed E-state index contributed by atoms with van der Waals surface area (Å²) in [6, 6.07) is 0. The maximum Gasteiger partial charge on any atom is 0.0986 e. The number of allylic oxidation sites excluding steroid dienone is 2. The summed E-state index contributed by atoms with van der Waals surface area (Å²) >= 11 is 0. The first-order chi connectivity index (χ1) is 5.97. The normalized spacial score (nSPS) is 30.2. The smallest absolute Gasteiger partial charge is 0.0986 e. The lowest BCUT2D eigenvalue weighted by Crippen LogP contribution is -2.48. The Morgan fingerprint density at radius 3 is 2.75 bits per heavy atom. The third-order valence-electron chi connectivity index (χ3n) is 2.21. The van der Waals surface area contributed by atoms with Crippen LogP contribution in [0.15, 0.2) is 24.4 Å². The molecular weight excluding hydrogens is 152 g/mol. The zero-order valence-electron chi connectivity index (χ0n) is 7.07. The van der Waals surface area contributed by atoms with Crippen LogP contribution in [0.25, 0.3) is 0 Å². The molecule has 1 saturated heterocycles. The summed E-state index contributed by atoms with van der Waals surface area (Å²) in [5.41, 5.74) is 0. The molecule has 66 valence electrons. The van der Waals surface area contributed by atoms with Gasteiger partial charge >= 0.3 is 0 Å². The van der Waals surface area contributed by atoms with E-state index in [1.165, 1.54) is 0 Å². The molecule has 0 radical (unpaired) electrons. The van der Waals surface area contributed by atoms with Gasteiger partial charge in [-0.1, -0.05) is 6.08 Å². The van der Waals surface area contributed by atoms with Crippen molar-refractivity contribution >= 4 is 0 Å². The van der Waals surface area contributed by atoms with Crippen LogP contribution in [-0.2, 0) is 4.74 Å². The number of ether oxygens (including phenoxy) is 1. The van der Waals surface area contributed by atoms with Crippen LogP contribution in [0.3, 0.4) is 0 Å². The Hall–Kier alpha value is -0.800. The van der Waals surface area contributed by atoms with Gasteiger partial charge in [-0.3, -0.25) is 4.90 Å². The highest BCUT2D eigenvalue weighted by Crippen LogP contribution is 2.05. The van der Waals surface area contributed by atoms with Crippen LogP contribution in [0.1, 0.15) is 0 Å². The molecule has 0 aromatic carbocycles. The van der Waals surface area contributed by atoms with Gasteiger partial charge in [0.2, 0.25) is 0 Å². The van der Waals surface area contributed by atoms with Crippen LogP contribution in [0.5, 0.6) is 0 Å². The van der Waals surface area contributed by atoms with Gasteiger partial charge in [-0.2, -0.15) is 0 Å². The van der Waals surface area contributed by atoms with Gasteiger partial charge in [0.15, 0.2) is 0 Å². The number of hydrogen-bond acceptors (Lipinski definition) is 3. The molecule has 0 aromatic rings. The lowest BCUT2D eigenvalue weighted by atomic mass is 10.3. The zero-order chi connectivity index (χ0) is 8.23. The van der Waals surface area contributed by atoms with E-state index in [0.29, 0.717) is 6.17 Å². The van der Waals surface area contributed by atoms with Crippen LogP contribution in [0, 0.1) is 0 Å². The van der Waals surface area contributed by atoms with Gasteiger partial charge in [0, 0.05) is 13.1 Å². The number of nitrogens with zero attached hydrogens (tertiary/aromatic N) is 1. The van der Waals surface area contributed by atoms with Gasteiger partial charge in [-0.15, -0.1) is 0 Å². The highest BCUT2D eigenvalue weighted by atomic mass is 16.5. The van der Waals surface area contributed by atoms with E-state index in [-0.39, 0.29) is 0 Å². The monoisotopic (exact) mass is 166 g/mol. The van der Waals surface area contributed by atoms with E-state index in [0.717, 1.165) is 26.3 Å². The molecule has 3 nitrogen and oxygen atoms in total. The first-order valence-corrected chi connectivity index (χ1v) is 4.38. The maximum absolute atomic E-state index is 5.28. The molecule has 2 aliphatic heterocycles. The van der Waals surface area contributed by atoms with Crippen molar-refractivity contribution in [3.63, 3.8) is 0 Å². The average molecular weight is 166 g/mol. The summed E-state index contributed by atoms with van der Waals surface area (Å²) in [5.74, 6) is 0. The van der Waals surface area contributed by atoms with Gasteiger partial charge < -0.3 is 10.1 Å². The van der Waals surface area contributed by atoms with E-state index < -0.39 is 0 Å². The molecule has 0 saturated carbocycles. The predicted octanol–water partition coefficient (Wildman–Crippen LogP) is 0.318. The van der Waals surface area contributed by atoms with Gasteiger partial charge in [0.1, 0.15) is 0 Å². The summed E-state index contributed by atoms with van der Waals surface area (Å²) in [7, 11) is 0. The Bertz CT molecular complexity index is 195. The summed E-state index contributed by atoms with van der Waals surface area (Å²) in [5, 5.41) is 3.29. The van der Waals surface area contributed by atoms with Crippen LogP contribution in [0.4, 0.5) is 0 Å². The quantitative estimate of drug-likeness (QED) is 0.607. The largest absolute Gasteiger partial charge is 0.379 e. The van der Waals surface area contributed by atoms with Crippen LogP contribution in [-0.4, -0.2) is 37.4 Å². The molecule has 0 aromatic heterocycles. The molecule has 2 aliphatic rings. The van der Waals surface area contributed by atoms with E-state index in [9.17, 15) is 0 Å². The van der Waals surface area contributed by atoms with Crippen molar-refractivity contribution in [3.8, 4) is 0 Å². The number of hydrogen-bond donors (Lipinski definition) is 1. The summed E-state index contributed by atoms with van der Waals surface area (Å²) in [4.78, 5) is 2.38. The minimum Gasteiger partial charge on any atom is -0.379 e. The molecule has 0 amide bonds. The van der Waals surface area contributed by atoms with Crippen LogP contribution in [0.2, 0.25) is 0 Å². The van der Waals surface area contributed by atoms with E-state index in [2.05, 4.69) is 22.4 Å². The number of rotatable bonds is 1. The fraction of sp³-hybridized carbons (Fsp3) is 0.556. The molecule has 1 atom stereocenters. The lowest BCUT2D eigenvalue weighted by molar-refractivity contribution is 0.0218. The predicted molar refractivity (Wildman–Crippen MR) is 47.6 cm³/mol. The topological polar surface area (TPSA) is 24.5 Å². The molecule has 12 heavy (non-hydrogen) atoms. The van der Waals surface area contributed by atoms with Gasteiger partial charge in [-0.25, -0.2) is 0 Å². The minimum absolute atomic E-state index is 0.374. The molecule has 2 rings (SSSR count). The fourth-order valence-electron chi connectivity index (χ4n) is 1.52. The lowest BCUT2D eigenvalue weighted by Gasteiger charge is -2.33. The fourth-order valence-corrected chi connectivity index (χ4v) is 1.52. The SMILES string of the molecule is C1=CNC(N2CCOCC2)C=C1. The number of nitrogens with one attached hydrogen (secondary N) is 1. The Labute approximate surface area is 72.7 Å². The molecular formula is C9H14N2O. The van der Waals surface area contributed by atoms with Crippen molar-refractivity contribution < 1.29 is 4.74 Å². The highest BCUT2D eigenvalue weighted by Gasteiger charge is 2.17. The van der Waals surface area contributed by atoms with Crippen molar-refractivity contribution in [2.24, 2.45) is 0 Å². The second kappa shape index (κ2) is 3.74. The Morgan fingerprint density at radius 1 is 1.25 bits per heavy atom. The van der Waals surface area contributed by atoms with E-state index >= 15 is 0 Å². The van der Waals surface area contributed by atoms with Crippen molar-refractivity contribution in [1.29, 1.82) is 0 Å². The molecule has 1 unspecified atom stereocenters. The van der Waals surface area contributed by atoms with Crippen molar-refractivity contribution in [2.75, 3.05) is 26.3 Å². The first-order valence-electron chi connectivity index (χ1n) is 4.38. The molecule has 0 aliphatic carbocycles. The van der Waals surface area contributed by atoms with E-state index in [1.807, 2.05) is 12.3 Å². The number of morpholine rings is 1. The van der Waals surface area contributed by atoms with Crippen molar-refractivity contribution in [1.82, 2.24) is 10.2 Å². The molecule has 1 fully saturated rings. The maximum atomic E-state index is 5.28. The zero-order valence-corrected chi connectivity index (χ0v) is 7.07. The second-order valence-electron chi connectivity index (χ2n) is 3.00. The van der Waals surface area contributed by atoms with E-state index in [4.69, 9.17) is 4.74 Å². The molecule has 0 bridgehead atoms. The Kier molecular flexibility index (Phi) is 2.44. The summed E-state index contributed by atoms with van der Waals surface area (Å²) < 4.78 is 5.28. The van der Waals surface area contributed by atoms with Crippen molar-refractivity contribution in [3.05, 3.63) is 24.4 Å². The molecule has 2 heterocycles. The van der Waals surface area contributed by atoms with Gasteiger partial charge in [0.25, 0.3) is 0 Å². The third kappa shape index (κ3) is 1.68. The van der Waals surface area contributed by atoms with Crippen LogP contribution < -0.4 is 5.32 Å². The van der Waals surface area contributed by atoms with Gasteiger partial charge in [0.05, 0.1) is 19.4 Å². The summed E-state index contributed by atoms with van der Waals surface area (Å²) in [6.45, 7) is 3.76. The average Bonchev–Trinajstić information content (AvgIpc) is 2.21. The molecule has 3 heteroatoms. The van der Waals surface area contributed by atoms with Gasteiger partial charge in [-0.05, 0) is 18.4 Å². The van der Waals surface area contributed by atoms with Crippen molar-refractivity contribution in [2.45, 2.75) is 6.17 Å². The highest BCUT2D eigenvalue weighted by molar-refractivity contribution is 5.11. The van der Waals surface area contributed by atoms with Crippen LogP contribution >= 0.6 is 0 Å². The standard InChI is InChI=1S/C9H14N2O/c1-2-4-10-9(3-1)11-5-7-12-8-6-11/h1-4,9-10H,5-8H2. The van der Waals surface area contributed by atoms with E-state index in [1.54, 1.807) is 0 Å². The summed E-state index contributed by atoms with van der Waals surface area (Å²) in [6.07, 6.45) is 8.62. The first kappa shape index (κ1) is 7.83.